The molecule has 0 saturated carbocycles. The maximum atomic E-state index is 14.4. The first-order valence-electron chi connectivity index (χ1n) is 11.1. The molecule has 2 amide bonds. The average molecular weight is 470 g/mol. The number of Topliss-reactive ketones (excluding diaryl/α,β-unsaturated/α-hetero) is 1. The molecular weight excluding hydrogens is 441 g/mol. The van der Waals surface area contributed by atoms with E-state index in [0.29, 0.717) is 37.4 Å². The molecule has 0 atom stereocenters. The number of piperazine rings is 1. The predicted octanol–water partition coefficient (Wildman–Crippen LogP) is 1.97. The summed E-state index contributed by atoms with van der Waals surface area (Å²) in [7, 11) is 0. The molecule has 1 saturated heterocycles. The minimum atomic E-state index is -0.570. The topological polar surface area (TPSA) is 96.0 Å². The molecule has 3 rings (SSSR count). The second-order valence-corrected chi connectivity index (χ2v) is 8.01. The van der Waals surface area contributed by atoms with Gasteiger partial charge in [-0.1, -0.05) is 30.3 Å². The van der Waals surface area contributed by atoms with E-state index in [1.807, 2.05) is 35.2 Å². The number of nitrogens with zero attached hydrogens (tertiary/aromatic N) is 2. The van der Waals surface area contributed by atoms with E-state index in [0.717, 1.165) is 5.56 Å². The molecule has 9 heteroatoms. The minimum absolute atomic E-state index is 0.0306. The maximum Gasteiger partial charge on any atom is 0.308 e. The summed E-state index contributed by atoms with van der Waals surface area (Å²) >= 11 is 0. The fourth-order valence-corrected chi connectivity index (χ4v) is 3.63. The van der Waals surface area contributed by atoms with Gasteiger partial charge in [0.05, 0.1) is 18.5 Å². The van der Waals surface area contributed by atoms with Gasteiger partial charge in [-0.15, -0.1) is 0 Å². The van der Waals surface area contributed by atoms with E-state index in [9.17, 15) is 23.6 Å². The lowest BCUT2D eigenvalue weighted by atomic mass is 10.1. The van der Waals surface area contributed by atoms with Gasteiger partial charge in [0, 0.05) is 38.3 Å². The molecule has 0 aromatic heterocycles. The molecule has 8 nitrogen and oxygen atoms in total. The van der Waals surface area contributed by atoms with Crippen molar-refractivity contribution in [3.05, 3.63) is 65.5 Å². The number of amides is 2. The largest absolute Gasteiger partial charge is 0.456 e. The summed E-state index contributed by atoms with van der Waals surface area (Å²) in [4.78, 5) is 50.9. The van der Waals surface area contributed by atoms with E-state index in [4.69, 9.17) is 4.74 Å². The van der Waals surface area contributed by atoms with Crippen molar-refractivity contribution in [3.63, 3.8) is 0 Å². The van der Waals surface area contributed by atoms with Crippen LogP contribution in [-0.4, -0.2) is 67.8 Å². The van der Waals surface area contributed by atoms with E-state index in [2.05, 4.69) is 5.32 Å². The Kier molecular flexibility index (Phi) is 8.73. The number of carbonyl (C=O) groups excluding carboxylic acids is 4. The minimum Gasteiger partial charge on any atom is -0.456 e. The van der Waals surface area contributed by atoms with Crippen molar-refractivity contribution in [2.75, 3.05) is 44.2 Å². The van der Waals surface area contributed by atoms with Crippen molar-refractivity contribution in [1.82, 2.24) is 10.2 Å². The number of benzene rings is 2. The van der Waals surface area contributed by atoms with Crippen LogP contribution in [0.5, 0.6) is 0 Å². The van der Waals surface area contributed by atoms with Crippen LogP contribution >= 0.6 is 0 Å². The number of carbonyl (C=O) groups is 4. The fraction of sp³-hybridized carbons (Fsp3) is 0.360. The molecule has 1 N–H and O–H groups in total. The third-order valence-corrected chi connectivity index (χ3v) is 5.54. The van der Waals surface area contributed by atoms with Crippen LogP contribution in [0.1, 0.15) is 29.3 Å². The normalized spacial score (nSPS) is 13.4. The molecule has 1 heterocycles. The second-order valence-electron chi connectivity index (χ2n) is 8.01. The standard InChI is InChI=1S/C25H28FN3O5/c1-18(30)20-7-8-22(21(26)16-20)28-11-13-29(14-12-28)24(32)17-34-25(33)9-10-27-23(31)15-19-5-3-2-4-6-19/h2-8,16H,9-15,17H2,1H3,(H,27,31). The maximum absolute atomic E-state index is 14.4. The Morgan fingerprint density at radius 2 is 1.71 bits per heavy atom. The van der Waals surface area contributed by atoms with Crippen LogP contribution in [-0.2, 0) is 25.5 Å². The Bertz CT molecular complexity index is 1040. The van der Waals surface area contributed by atoms with Crippen LogP contribution in [0.2, 0.25) is 0 Å². The fourth-order valence-electron chi connectivity index (χ4n) is 3.63. The molecule has 1 aliphatic rings. The summed E-state index contributed by atoms with van der Waals surface area (Å²) in [6, 6.07) is 13.6. The molecule has 0 unspecified atom stereocenters. The van der Waals surface area contributed by atoms with Crippen LogP contribution in [0.4, 0.5) is 10.1 Å². The third kappa shape index (κ3) is 7.13. The van der Waals surface area contributed by atoms with Gasteiger partial charge >= 0.3 is 5.97 Å². The van der Waals surface area contributed by atoms with Crippen molar-refractivity contribution in [2.45, 2.75) is 19.8 Å². The lowest BCUT2D eigenvalue weighted by Gasteiger charge is -2.36. The number of rotatable bonds is 9. The van der Waals surface area contributed by atoms with Gasteiger partial charge in [-0.25, -0.2) is 4.39 Å². The second kappa shape index (κ2) is 11.9. The van der Waals surface area contributed by atoms with Gasteiger partial charge in [0.2, 0.25) is 5.91 Å². The van der Waals surface area contributed by atoms with Crippen LogP contribution in [0.3, 0.4) is 0 Å². The number of halogens is 1. The summed E-state index contributed by atoms with van der Waals surface area (Å²) < 4.78 is 19.4. The molecule has 34 heavy (non-hydrogen) atoms. The zero-order valence-corrected chi connectivity index (χ0v) is 19.1. The van der Waals surface area contributed by atoms with Gasteiger partial charge in [-0.3, -0.25) is 19.2 Å². The summed E-state index contributed by atoms with van der Waals surface area (Å²) in [6.45, 7) is 2.70. The summed E-state index contributed by atoms with van der Waals surface area (Å²) in [5.41, 5.74) is 1.58. The zero-order valence-electron chi connectivity index (χ0n) is 19.1. The van der Waals surface area contributed by atoms with Crippen molar-refractivity contribution >= 4 is 29.3 Å². The summed E-state index contributed by atoms with van der Waals surface area (Å²) in [5.74, 6) is -1.77. The van der Waals surface area contributed by atoms with E-state index >= 15 is 0 Å². The number of ketones is 1. The molecule has 0 aliphatic carbocycles. The highest BCUT2D eigenvalue weighted by molar-refractivity contribution is 5.94. The van der Waals surface area contributed by atoms with Crippen LogP contribution in [0.25, 0.3) is 0 Å². The number of hydrogen-bond acceptors (Lipinski definition) is 6. The van der Waals surface area contributed by atoms with E-state index < -0.39 is 11.8 Å². The van der Waals surface area contributed by atoms with E-state index in [1.165, 1.54) is 13.0 Å². The summed E-state index contributed by atoms with van der Waals surface area (Å²) in [5, 5.41) is 2.66. The average Bonchev–Trinajstić information content (AvgIpc) is 2.83. The van der Waals surface area contributed by atoms with E-state index in [-0.39, 0.29) is 43.6 Å². The van der Waals surface area contributed by atoms with Gasteiger partial charge in [0.15, 0.2) is 12.4 Å². The highest BCUT2D eigenvalue weighted by Crippen LogP contribution is 2.22. The quantitative estimate of drug-likeness (QED) is 0.446. The molecule has 0 spiro atoms. The molecule has 2 aromatic rings. The highest BCUT2D eigenvalue weighted by atomic mass is 19.1. The van der Waals surface area contributed by atoms with Crippen LogP contribution in [0, 0.1) is 5.82 Å². The first-order chi connectivity index (χ1) is 16.3. The van der Waals surface area contributed by atoms with Crippen molar-refractivity contribution in [3.8, 4) is 0 Å². The molecule has 180 valence electrons. The lowest BCUT2D eigenvalue weighted by Crippen LogP contribution is -2.50. The Labute approximate surface area is 197 Å². The number of hydrogen-bond donors (Lipinski definition) is 1. The molecular formula is C25H28FN3O5. The van der Waals surface area contributed by atoms with Gasteiger partial charge in [0.25, 0.3) is 5.91 Å². The molecule has 2 aromatic carbocycles. The molecule has 1 fully saturated rings. The van der Waals surface area contributed by atoms with Gasteiger partial charge in [0.1, 0.15) is 5.82 Å². The van der Waals surface area contributed by atoms with E-state index in [1.54, 1.807) is 17.0 Å². The monoisotopic (exact) mass is 469 g/mol. The highest BCUT2D eigenvalue weighted by Gasteiger charge is 2.24. The first-order valence-corrected chi connectivity index (χ1v) is 11.1. The number of esters is 1. The number of ether oxygens (including phenoxy) is 1. The summed E-state index contributed by atoms with van der Waals surface area (Å²) in [6.07, 6.45) is 0.197. The van der Waals surface area contributed by atoms with Crippen LogP contribution in [0.15, 0.2) is 48.5 Å². The number of nitrogens with one attached hydrogen (secondary N) is 1. The predicted molar refractivity (Wildman–Crippen MR) is 124 cm³/mol. The van der Waals surface area contributed by atoms with Crippen molar-refractivity contribution in [1.29, 1.82) is 0 Å². The third-order valence-electron chi connectivity index (χ3n) is 5.54. The Morgan fingerprint density at radius 3 is 2.35 bits per heavy atom. The SMILES string of the molecule is CC(=O)c1ccc(N2CCN(C(=O)COC(=O)CCNC(=O)Cc3ccccc3)CC2)c(F)c1. The molecule has 0 bridgehead atoms. The molecule has 0 radical (unpaired) electrons. The van der Waals surface area contributed by atoms with Gasteiger partial charge in [-0.2, -0.15) is 0 Å². The van der Waals surface area contributed by atoms with Gasteiger partial charge in [-0.05, 0) is 30.7 Å². The van der Waals surface area contributed by atoms with Crippen molar-refractivity contribution in [2.24, 2.45) is 0 Å². The number of anilines is 1. The molecule has 1 aliphatic heterocycles. The Morgan fingerprint density at radius 1 is 1.00 bits per heavy atom. The lowest BCUT2D eigenvalue weighted by molar-refractivity contribution is -0.152. The first kappa shape index (κ1) is 24.9. The van der Waals surface area contributed by atoms with Crippen molar-refractivity contribution < 1.29 is 28.3 Å². The Hall–Kier alpha value is -3.75. The Balaban J connectivity index is 1.34. The smallest absolute Gasteiger partial charge is 0.308 e. The van der Waals surface area contributed by atoms with Gasteiger partial charge < -0.3 is 19.9 Å². The van der Waals surface area contributed by atoms with Crippen LogP contribution < -0.4 is 10.2 Å². The zero-order chi connectivity index (χ0) is 24.5.